The zero-order chi connectivity index (χ0) is 16.7. The minimum atomic E-state index is -1.45. The van der Waals surface area contributed by atoms with E-state index in [0.29, 0.717) is 30.1 Å². The quantitative estimate of drug-likeness (QED) is 0.127. The summed E-state index contributed by atoms with van der Waals surface area (Å²) < 4.78 is 16.3. The predicted octanol–water partition coefficient (Wildman–Crippen LogP) is -1.14. The number of aliphatic hydroxyl groups excluding tert-OH is 4. The average Bonchev–Trinajstić information content (AvgIpc) is 2.50. The number of oxime groups is 1. The Morgan fingerprint density at radius 3 is 2.45 bits per heavy atom. The van der Waals surface area contributed by atoms with Gasteiger partial charge in [-0.3, -0.25) is 4.21 Å². The summed E-state index contributed by atoms with van der Waals surface area (Å²) in [5, 5.41) is 50.8. The molecule has 1 rings (SSSR count). The predicted molar refractivity (Wildman–Crippen MR) is 83.4 cm³/mol. The Labute approximate surface area is 135 Å². The summed E-state index contributed by atoms with van der Waals surface area (Å²) in [7, 11) is -0.871. The van der Waals surface area contributed by atoms with Crippen LogP contribution in [0.15, 0.2) is 5.16 Å². The standard InChI is InChI=1S/C12H23NO7S2/c1-22(19)5-3-2-4-8(13-18)21-12-11(17)10(16)9(15)7(6-14)20-12/h7,9-12,14-18H,2-6H2,1H3/b13-8+/t7-,9+,10-,11-,12-,22-/m0/s1. The first-order valence-corrected chi connectivity index (χ1v) is 9.49. The highest BCUT2D eigenvalue weighted by Crippen LogP contribution is 2.30. The van der Waals surface area contributed by atoms with Crippen LogP contribution < -0.4 is 0 Å². The van der Waals surface area contributed by atoms with Gasteiger partial charge in [-0.1, -0.05) is 16.9 Å². The highest BCUT2D eigenvalue weighted by Gasteiger charge is 2.44. The van der Waals surface area contributed by atoms with E-state index in [1.807, 2.05) is 0 Å². The summed E-state index contributed by atoms with van der Waals surface area (Å²) in [6.07, 6.45) is -1.84. The van der Waals surface area contributed by atoms with Crippen LogP contribution in [0.3, 0.4) is 0 Å². The maximum Gasteiger partial charge on any atom is 0.138 e. The van der Waals surface area contributed by atoms with Gasteiger partial charge in [-0.05, 0) is 19.3 Å². The first-order chi connectivity index (χ1) is 10.4. The normalized spacial score (nSPS) is 34.6. The molecule has 130 valence electrons. The number of rotatable bonds is 7. The van der Waals surface area contributed by atoms with Crippen molar-refractivity contribution in [2.45, 2.75) is 49.1 Å². The lowest BCUT2D eigenvalue weighted by atomic mass is 10.0. The molecule has 8 nitrogen and oxygen atoms in total. The van der Waals surface area contributed by atoms with Crippen LogP contribution in [-0.4, -0.2) is 83.4 Å². The van der Waals surface area contributed by atoms with Crippen molar-refractivity contribution in [3.8, 4) is 0 Å². The summed E-state index contributed by atoms with van der Waals surface area (Å²) in [6.45, 7) is -0.504. The van der Waals surface area contributed by atoms with E-state index in [4.69, 9.17) is 15.1 Å². The molecule has 0 unspecified atom stereocenters. The van der Waals surface area contributed by atoms with Gasteiger partial charge < -0.3 is 30.4 Å². The molecule has 10 heteroatoms. The smallest absolute Gasteiger partial charge is 0.138 e. The van der Waals surface area contributed by atoms with Gasteiger partial charge in [0.1, 0.15) is 34.9 Å². The van der Waals surface area contributed by atoms with Crippen LogP contribution in [-0.2, 0) is 15.5 Å². The van der Waals surface area contributed by atoms with Crippen molar-refractivity contribution in [2.75, 3.05) is 18.6 Å². The van der Waals surface area contributed by atoms with Gasteiger partial charge in [-0.15, -0.1) is 0 Å². The largest absolute Gasteiger partial charge is 0.410 e. The second kappa shape index (κ2) is 9.81. The molecule has 22 heavy (non-hydrogen) atoms. The monoisotopic (exact) mass is 357 g/mol. The van der Waals surface area contributed by atoms with E-state index in [0.717, 1.165) is 11.8 Å². The minimum Gasteiger partial charge on any atom is -0.410 e. The second-order valence-corrected chi connectivity index (χ2v) is 7.77. The molecule has 1 aliphatic rings. The zero-order valence-corrected chi connectivity index (χ0v) is 13.9. The zero-order valence-electron chi connectivity index (χ0n) is 12.2. The summed E-state index contributed by atoms with van der Waals surface area (Å²) in [6, 6.07) is 0. The van der Waals surface area contributed by atoms with Gasteiger partial charge in [-0.25, -0.2) is 0 Å². The maximum absolute atomic E-state index is 11.0. The van der Waals surface area contributed by atoms with E-state index >= 15 is 0 Å². The van der Waals surface area contributed by atoms with Crippen LogP contribution in [0, 0.1) is 0 Å². The molecule has 0 aliphatic carbocycles. The molecule has 0 amide bonds. The fraction of sp³-hybridized carbons (Fsp3) is 0.917. The van der Waals surface area contributed by atoms with Crippen LogP contribution in [0.5, 0.6) is 0 Å². The number of nitrogens with zero attached hydrogens (tertiary/aromatic N) is 1. The second-order valence-electron chi connectivity index (χ2n) is 5.04. The van der Waals surface area contributed by atoms with Gasteiger partial charge in [0, 0.05) is 22.8 Å². The van der Waals surface area contributed by atoms with Crippen molar-refractivity contribution in [3.05, 3.63) is 0 Å². The number of thioether (sulfide) groups is 1. The summed E-state index contributed by atoms with van der Waals surface area (Å²) in [4.78, 5) is 0. The molecule has 1 aliphatic heterocycles. The summed E-state index contributed by atoms with van der Waals surface area (Å²) >= 11 is 0.927. The Morgan fingerprint density at radius 2 is 1.91 bits per heavy atom. The topological polar surface area (TPSA) is 140 Å². The summed E-state index contributed by atoms with van der Waals surface area (Å²) in [5.74, 6) is 0.559. The average molecular weight is 357 g/mol. The van der Waals surface area contributed by atoms with Crippen molar-refractivity contribution in [3.63, 3.8) is 0 Å². The van der Waals surface area contributed by atoms with Gasteiger partial charge in [0.25, 0.3) is 0 Å². The SMILES string of the molecule is C[S@](=O)CCCC/C(=N\O)S[C@@H]1O[C@@H](CO)[C@@H](O)[C@H](O)[C@@H]1O. The van der Waals surface area contributed by atoms with E-state index in [9.17, 15) is 19.5 Å². The Morgan fingerprint density at radius 1 is 1.23 bits per heavy atom. The molecule has 0 aromatic carbocycles. The molecular weight excluding hydrogens is 334 g/mol. The van der Waals surface area contributed by atoms with E-state index in [1.54, 1.807) is 6.26 Å². The Bertz CT molecular complexity index is 394. The first-order valence-electron chi connectivity index (χ1n) is 6.88. The first kappa shape index (κ1) is 19.8. The van der Waals surface area contributed by atoms with E-state index in [2.05, 4.69) is 5.16 Å². The van der Waals surface area contributed by atoms with E-state index in [-0.39, 0.29) is 0 Å². The lowest BCUT2D eigenvalue weighted by molar-refractivity contribution is -0.205. The molecule has 0 bridgehead atoms. The number of unbranched alkanes of at least 4 members (excludes halogenated alkanes) is 1. The molecule has 1 heterocycles. The highest BCUT2D eigenvalue weighted by atomic mass is 32.2. The molecule has 0 saturated carbocycles. The fourth-order valence-corrected chi connectivity index (χ4v) is 3.70. The van der Waals surface area contributed by atoms with Crippen LogP contribution in [0.2, 0.25) is 0 Å². The van der Waals surface area contributed by atoms with Crippen molar-refractivity contribution in [1.82, 2.24) is 0 Å². The number of hydrogen-bond donors (Lipinski definition) is 5. The lowest BCUT2D eigenvalue weighted by Gasteiger charge is -2.39. The van der Waals surface area contributed by atoms with Gasteiger partial charge >= 0.3 is 0 Å². The van der Waals surface area contributed by atoms with Crippen molar-refractivity contribution in [1.29, 1.82) is 0 Å². The van der Waals surface area contributed by atoms with Crippen molar-refractivity contribution >= 4 is 27.6 Å². The third kappa shape index (κ3) is 5.76. The molecule has 0 radical (unpaired) electrons. The Balaban J connectivity index is 2.53. The molecule has 1 saturated heterocycles. The molecule has 1 fully saturated rings. The summed E-state index contributed by atoms with van der Waals surface area (Å²) in [5.41, 5.74) is -0.957. The minimum absolute atomic E-state index is 0.297. The van der Waals surface area contributed by atoms with Gasteiger partial charge in [0.2, 0.25) is 0 Å². The number of hydrogen-bond acceptors (Lipinski definition) is 9. The third-order valence-corrected chi connectivity index (χ3v) is 5.33. The molecule has 0 aromatic rings. The molecule has 5 N–H and O–H groups in total. The maximum atomic E-state index is 11.0. The van der Waals surface area contributed by atoms with Gasteiger partial charge in [0.15, 0.2) is 0 Å². The Hall–Kier alpha value is -0.230. The number of aliphatic hydroxyl groups is 4. The molecule has 6 atom stereocenters. The number of ether oxygens (including phenoxy) is 1. The van der Waals surface area contributed by atoms with E-state index < -0.39 is 47.3 Å². The molecular formula is C12H23NO7S2. The molecule has 0 aromatic heterocycles. The lowest BCUT2D eigenvalue weighted by Crippen LogP contribution is -2.57. The van der Waals surface area contributed by atoms with E-state index in [1.165, 1.54) is 0 Å². The Kier molecular flexibility index (Phi) is 8.83. The van der Waals surface area contributed by atoms with Crippen molar-refractivity contribution < 1.29 is 34.6 Å². The van der Waals surface area contributed by atoms with Gasteiger partial charge in [-0.2, -0.15) is 0 Å². The highest BCUT2D eigenvalue weighted by molar-refractivity contribution is 8.14. The van der Waals surface area contributed by atoms with Crippen LogP contribution >= 0.6 is 11.8 Å². The molecule has 0 spiro atoms. The van der Waals surface area contributed by atoms with Gasteiger partial charge in [0.05, 0.1) is 6.61 Å². The van der Waals surface area contributed by atoms with Crippen molar-refractivity contribution in [2.24, 2.45) is 5.16 Å². The third-order valence-electron chi connectivity index (χ3n) is 3.28. The van der Waals surface area contributed by atoms with Crippen LogP contribution in [0.4, 0.5) is 0 Å². The van der Waals surface area contributed by atoms with Crippen LogP contribution in [0.1, 0.15) is 19.3 Å². The fourth-order valence-electron chi connectivity index (χ4n) is 2.01. The van der Waals surface area contributed by atoms with Crippen LogP contribution in [0.25, 0.3) is 0 Å².